The van der Waals surface area contributed by atoms with Gasteiger partial charge in [0, 0.05) is 6.20 Å². The first-order valence-corrected chi connectivity index (χ1v) is 4.11. The fraction of sp³-hybridized carbons (Fsp3) is 0.125. The molecule has 0 radical (unpaired) electrons. The molecular formula is C8H8ClN4+. The lowest BCUT2D eigenvalue weighted by Crippen LogP contribution is -1.98. The van der Waals surface area contributed by atoms with Crippen molar-refractivity contribution in [1.29, 1.82) is 0 Å². The lowest BCUT2D eigenvalue weighted by molar-refractivity contribution is -0.398. The minimum Gasteiger partial charge on any atom is -0.358 e. The fourth-order valence-electron chi connectivity index (χ4n) is 1.20. The molecule has 66 valence electrons. The zero-order chi connectivity index (χ0) is 9.42. The number of aromatic amines is 1. The molecule has 0 unspecified atom stereocenters. The van der Waals surface area contributed by atoms with Crippen LogP contribution in [-0.2, 0) is 0 Å². The van der Waals surface area contributed by atoms with Gasteiger partial charge in [-0.2, -0.15) is 0 Å². The topological polar surface area (TPSA) is 44.6 Å². The first-order valence-electron chi connectivity index (χ1n) is 3.73. The van der Waals surface area contributed by atoms with Crippen LogP contribution in [0.5, 0.6) is 0 Å². The highest BCUT2D eigenvalue weighted by atomic mass is 35.5. The molecule has 5 heteroatoms. The van der Waals surface area contributed by atoms with Crippen molar-refractivity contribution in [1.82, 2.24) is 15.2 Å². The van der Waals surface area contributed by atoms with Crippen LogP contribution in [0.15, 0.2) is 12.3 Å². The molecule has 1 N–H and O–H groups in total. The predicted molar refractivity (Wildman–Crippen MR) is 51.9 cm³/mol. The van der Waals surface area contributed by atoms with Crippen molar-refractivity contribution >= 4 is 35.0 Å². The zero-order valence-corrected chi connectivity index (χ0v) is 7.84. The maximum absolute atomic E-state index is 5.83. The lowest BCUT2D eigenvalue weighted by atomic mass is 10.3. The van der Waals surface area contributed by atoms with Gasteiger partial charge in [0.05, 0.1) is 29.8 Å². The zero-order valence-electron chi connectivity index (χ0n) is 7.08. The van der Waals surface area contributed by atoms with E-state index in [1.165, 1.54) is 0 Å². The van der Waals surface area contributed by atoms with Gasteiger partial charge in [0.25, 0.3) is 0 Å². The summed E-state index contributed by atoms with van der Waals surface area (Å²) in [7, 11) is 1.81. The van der Waals surface area contributed by atoms with E-state index in [0.717, 1.165) is 10.9 Å². The third kappa shape index (κ3) is 1.19. The van der Waals surface area contributed by atoms with Gasteiger partial charge in [0.1, 0.15) is 0 Å². The molecule has 4 nitrogen and oxygen atoms in total. The Morgan fingerprint density at radius 2 is 2.31 bits per heavy atom. The standard InChI is InChI=1S/C8H8ClN4/c1-13(2)8-5-3-4-10-6(5)7(9)11-12-8/h3-4,10H,1H2,2H3/q+1. The number of nitrogens with one attached hydrogen (secondary N) is 1. The van der Waals surface area contributed by atoms with E-state index in [9.17, 15) is 0 Å². The Balaban J connectivity index is 2.86. The number of rotatable bonds is 1. The molecule has 0 spiro atoms. The van der Waals surface area contributed by atoms with Crippen LogP contribution >= 0.6 is 11.6 Å². The average molecular weight is 196 g/mol. The quantitative estimate of drug-likeness (QED) is 0.555. The van der Waals surface area contributed by atoms with Gasteiger partial charge in [0.2, 0.25) is 5.15 Å². The second-order valence-electron chi connectivity index (χ2n) is 2.78. The van der Waals surface area contributed by atoms with Crippen LogP contribution < -0.4 is 0 Å². The fourth-order valence-corrected chi connectivity index (χ4v) is 1.40. The Hall–Kier alpha value is -1.42. The maximum Gasteiger partial charge on any atom is 0.359 e. The van der Waals surface area contributed by atoms with E-state index in [2.05, 4.69) is 21.9 Å². The van der Waals surface area contributed by atoms with Crippen molar-refractivity contribution in [3.8, 4) is 0 Å². The first-order chi connectivity index (χ1) is 6.20. The summed E-state index contributed by atoms with van der Waals surface area (Å²) in [6.07, 6.45) is 1.80. The molecule has 2 rings (SSSR count). The van der Waals surface area contributed by atoms with Crippen molar-refractivity contribution in [2.45, 2.75) is 0 Å². The Kier molecular flexibility index (Phi) is 1.77. The molecule has 13 heavy (non-hydrogen) atoms. The second-order valence-corrected chi connectivity index (χ2v) is 3.14. The molecule has 2 heterocycles. The lowest BCUT2D eigenvalue weighted by Gasteiger charge is -1.93. The number of H-pyrrole nitrogens is 1. The molecule has 2 aromatic heterocycles. The van der Waals surface area contributed by atoms with Gasteiger partial charge in [-0.25, -0.2) is 4.58 Å². The van der Waals surface area contributed by atoms with E-state index in [0.29, 0.717) is 11.0 Å². The molecule has 0 bridgehead atoms. The van der Waals surface area contributed by atoms with E-state index < -0.39 is 0 Å². The van der Waals surface area contributed by atoms with Gasteiger partial charge in [0.15, 0.2) is 0 Å². The van der Waals surface area contributed by atoms with E-state index >= 15 is 0 Å². The molecule has 0 amide bonds. The Labute approximate surface area is 79.9 Å². The minimum absolute atomic E-state index is 0.380. The van der Waals surface area contributed by atoms with Crippen molar-refractivity contribution in [2.75, 3.05) is 7.05 Å². The molecule has 0 fully saturated rings. The molecule has 0 aliphatic heterocycles. The highest BCUT2D eigenvalue weighted by Crippen LogP contribution is 2.25. The summed E-state index contributed by atoms with van der Waals surface area (Å²) in [6, 6.07) is 1.90. The first kappa shape index (κ1) is 8.19. The average Bonchev–Trinajstić information content (AvgIpc) is 2.53. The van der Waals surface area contributed by atoms with Gasteiger partial charge in [-0.05, 0) is 11.2 Å². The number of hydrogen-bond acceptors (Lipinski definition) is 2. The minimum atomic E-state index is 0.380. The van der Waals surface area contributed by atoms with Crippen molar-refractivity contribution in [3.05, 3.63) is 17.4 Å². The number of halogens is 1. The largest absolute Gasteiger partial charge is 0.359 e. The summed E-state index contributed by atoms with van der Waals surface area (Å²) in [5.41, 5.74) is 0.794. The van der Waals surface area contributed by atoms with E-state index in [1.807, 2.05) is 13.1 Å². The Morgan fingerprint density at radius 1 is 1.54 bits per heavy atom. The molecule has 0 saturated heterocycles. The van der Waals surface area contributed by atoms with E-state index in [4.69, 9.17) is 11.6 Å². The van der Waals surface area contributed by atoms with Crippen molar-refractivity contribution in [2.24, 2.45) is 0 Å². The van der Waals surface area contributed by atoms with Crippen LogP contribution in [-0.4, -0.2) is 33.5 Å². The Bertz CT molecular complexity index is 474. The number of hydrogen-bond donors (Lipinski definition) is 1. The van der Waals surface area contributed by atoms with Crippen LogP contribution in [0.3, 0.4) is 0 Å². The van der Waals surface area contributed by atoms with E-state index in [1.54, 1.807) is 10.8 Å². The molecule has 0 aromatic carbocycles. The molecule has 0 aliphatic carbocycles. The number of fused-ring (bicyclic) bond motifs is 1. The Morgan fingerprint density at radius 3 is 3.00 bits per heavy atom. The van der Waals surface area contributed by atoms with Crippen LogP contribution in [0.2, 0.25) is 5.15 Å². The summed E-state index contributed by atoms with van der Waals surface area (Å²) < 4.78 is 1.65. The summed E-state index contributed by atoms with van der Waals surface area (Å²) >= 11 is 5.83. The molecular weight excluding hydrogens is 188 g/mol. The summed E-state index contributed by atoms with van der Waals surface area (Å²) in [5, 5.41) is 9.05. The third-order valence-corrected chi connectivity index (χ3v) is 2.05. The summed E-state index contributed by atoms with van der Waals surface area (Å²) in [5.74, 6) is 0.709. The van der Waals surface area contributed by atoms with Crippen LogP contribution in [0.1, 0.15) is 0 Å². The number of nitrogens with zero attached hydrogens (tertiary/aromatic N) is 3. The summed E-state index contributed by atoms with van der Waals surface area (Å²) in [6.45, 7) is 3.74. The molecule has 0 saturated carbocycles. The van der Waals surface area contributed by atoms with Gasteiger partial charge in [-0.15, -0.1) is 0 Å². The predicted octanol–water partition coefficient (Wildman–Crippen LogP) is 1.59. The van der Waals surface area contributed by atoms with Crippen LogP contribution in [0.25, 0.3) is 10.9 Å². The third-order valence-electron chi connectivity index (χ3n) is 1.79. The van der Waals surface area contributed by atoms with Crippen molar-refractivity contribution in [3.63, 3.8) is 0 Å². The van der Waals surface area contributed by atoms with Gasteiger partial charge >= 0.3 is 5.82 Å². The second kappa shape index (κ2) is 2.81. The van der Waals surface area contributed by atoms with E-state index in [-0.39, 0.29) is 0 Å². The van der Waals surface area contributed by atoms with Gasteiger partial charge in [-0.3, -0.25) is 0 Å². The normalized spacial score (nSPS) is 10.6. The molecule has 2 aromatic rings. The monoisotopic (exact) mass is 195 g/mol. The molecule has 0 atom stereocenters. The van der Waals surface area contributed by atoms with Crippen molar-refractivity contribution < 1.29 is 4.58 Å². The maximum atomic E-state index is 5.83. The van der Waals surface area contributed by atoms with Gasteiger partial charge in [-0.1, -0.05) is 11.6 Å². The smallest absolute Gasteiger partial charge is 0.358 e. The van der Waals surface area contributed by atoms with Crippen LogP contribution in [0.4, 0.5) is 5.82 Å². The number of aromatic nitrogens is 3. The van der Waals surface area contributed by atoms with Crippen LogP contribution in [0, 0.1) is 0 Å². The summed E-state index contributed by atoms with van der Waals surface area (Å²) in [4.78, 5) is 2.99. The molecule has 0 aliphatic rings. The van der Waals surface area contributed by atoms with Gasteiger partial charge < -0.3 is 4.98 Å². The SMILES string of the molecule is C=[N+](C)c1nnc(Cl)c2[nH]ccc12. The highest BCUT2D eigenvalue weighted by Gasteiger charge is 2.15. The highest BCUT2D eigenvalue weighted by molar-refractivity contribution is 6.33.